The summed E-state index contributed by atoms with van der Waals surface area (Å²) in [6.07, 6.45) is 3.65. The first-order valence-corrected chi connectivity index (χ1v) is 7.59. The van der Waals surface area contributed by atoms with Crippen LogP contribution in [0.15, 0.2) is 27.2 Å². The van der Waals surface area contributed by atoms with Crippen LogP contribution in [-0.2, 0) is 4.74 Å². The highest BCUT2D eigenvalue weighted by Gasteiger charge is 2.22. The second-order valence-corrected chi connectivity index (χ2v) is 5.91. The molecule has 0 spiro atoms. The van der Waals surface area contributed by atoms with Gasteiger partial charge in [0, 0.05) is 0 Å². The van der Waals surface area contributed by atoms with E-state index < -0.39 is 11.9 Å². The molecule has 1 atom stereocenters. The standard InChI is InChI=1S/C14H15BrFN3O2/c15-10-6-2-5-9(12(10)16)14-18-13(19-21-14)11(17)7-20-8-3-1-4-8/h2,5-6,8,11H,1,3-4,7,17H2. The Morgan fingerprint density at radius 2 is 2.29 bits per heavy atom. The van der Waals surface area contributed by atoms with Gasteiger partial charge >= 0.3 is 0 Å². The van der Waals surface area contributed by atoms with Gasteiger partial charge in [0.25, 0.3) is 5.89 Å². The molecule has 1 aromatic heterocycles. The van der Waals surface area contributed by atoms with Crippen molar-refractivity contribution in [2.24, 2.45) is 5.73 Å². The molecule has 0 amide bonds. The highest BCUT2D eigenvalue weighted by Crippen LogP contribution is 2.27. The summed E-state index contributed by atoms with van der Waals surface area (Å²) in [5.41, 5.74) is 6.21. The minimum Gasteiger partial charge on any atom is -0.376 e. The third kappa shape index (κ3) is 3.14. The Labute approximate surface area is 129 Å². The van der Waals surface area contributed by atoms with Gasteiger partial charge in [-0.15, -0.1) is 0 Å². The van der Waals surface area contributed by atoms with Crippen molar-refractivity contribution in [3.05, 3.63) is 34.3 Å². The van der Waals surface area contributed by atoms with E-state index in [-0.39, 0.29) is 11.5 Å². The molecule has 1 aliphatic rings. The van der Waals surface area contributed by atoms with Crippen LogP contribution in [0.25, 0.3) is 11.5 Å². The first kappa shape index (κ1) is 14.6. The van der Waals surface area contributed by atoms with Crippen molar-refractivity contribution in [2.45, 2.75) is 31.4 Å². The smallest absolute Gasteiger partial charge is 0.260 e. The minimum atomic E-state index is -0.474. The van der Waals surface area contributed by atoms with Gasteiger partial charge in [0.05, 0.1) is 28.8 Å². The Hall–Kier alpha value is -1.31. The highest BCUT2D eigenvalue weighted by atomic mass is 79.9. The molecule has 1 fully saturated rings. The number of nitrogens with two attached hydrogens (primary N) is 1. The second kappa shape index (κ2) is 6.21. The summed E-state index contributed by atoms with van der Waals surface area (Å²) in [5.74, 6) is -0.00131. The molecule has 7 heteroatoms. The summed E-state index contributed by atoms with van der Waals surface area (Å²) in [7, 11) is 0. The third-order valence-corrected chi connectivity index (χ3v) is 4.13. The molecule has 1 saturated carbocycles. The molecule has 1 heterocycles. The van der Waals surface area contributed by atoms with Gasteiger partial charge in [0.15, 0.2) is 5.82 Å². The van der Waals surface area contributed by atoms with Crippen LogP contribution in [0, 0.1) is 5.82 Å². The van der Waals surface area contributed by atoms with Gasteiger partial charge in [-0.05, 0) is 47.3 Å². The Morgan fingerprint density at radius 3 is 3.00 bits per heavy atom. The fourth-order valence-corrected chi connectivity index (χ4v) is 2.38. The molecule has 2 aromatic rings. The van der Waals surface area contributed by atoms with E-state index in [0.29, 0.717) is 23.0 Å². The van der Waals surface area contributed by atoms with Crippen molar-refractivity contribution < 1.29 is 13.7 Å². The summed E-state index contributed by atoms with van der Waals surface area (Å²) in [4.78, 5) is 4.16. The lowest BCUT2D eigenvalue weighted by molar-refractivity contribution is -0.00549. The van der Waals surface area contributed by atoms with Crippen LogP contribution in [0.4, 0.5) is 4.39 Å². The van der Waals surface area contributed by atoms with Crippen LogP contribution in [0.5, 0.6) is 0 Å². The maximum Gasteiger partial charge on any atom is 0.260 e. The lowest BCUT2D eigenvalue weighted by Crippen LogP contribution is -2.27. The van der Waals surface area contributed by atoms with E-state index >= 15 is 0 Å². The van der Waals surface area contributed by atoms with E-state index in [4.69, 9.17) is 15.0 Å². The SMILES string of the molecule is NC(COC1CCC1)c1noc(-c2cccc(Br)c2F)n1. The minimum absolute atomic E-state index is 0.114. The number of aromatic nitrogens is 2. The van der Waals surface area contributed by atoms with Crippen LogP contribution in [0.2, 0.25) is 0 Å². The van der Waals surface area contributed by atoms with Gasteiger partial charge in [0.2, 0.25) is 0 Å². The number of nitrogens with zero attached hydrogens (tertiary/aromatic N) is 2. The summed E-state index contributed by atoms with van der Waals surface area (Å²) in [6.45, 7) is 0.338. The maximum atomic E-state index is 14.0. The Bertz CT molecular complexity index is 630. The Morgan fingerprint density at radius 1 is 1.48 bits per heavy atom. The van der Waals surface area contributed by atoms with Crippen molar-refractivity contribution in [1.82, 2.24) is 10.1 Å². The lowest BCUT2D eigenvalue weighted by atomic mass is 9.96. The molecule has 0 saturated heterocycles. The molecule has 1 unspecified atom stereocenters. The number of benzene rings is 1. The topological polar surface area (TPSA) is 74.2 Å². The largest absolute Gasteiger partial charge is 0.376 e. The number of halogens is 2. The van der Waals surface area contributed by atoms with Gasteiger partial charge in [0.1, 0.15) is 5.82 Å². The molecule has 21 heavy (non-hydrogen) atoms. The number of rotatable bonds is 5. The predicted octanol–water partition coefficient (Wildman–Crippen LogP) is 3.21. The van der Waals surface area contributed by atoms with Crippen LogP contribution in [0.3, 0.4) is 0 Å². The first-order valence-electron chi connectivity index (χ1n) is 6.80. The summed E-state index contributed by atoms with van der Waals surface area (Å²) < 4.78 is 25.0. The molecule has 5 nitrogen and oxygen atoms in total. The molecule has 1 aromatic carbocycles. The van der Waals surface area contributed by atoms with Crippen LogP contribution < -0.4 is 5.73 Å². The van der Waals surface area contributed by atoms with E-state index in [2.05, 4.69) is 26.1 Å². The number of hydrogen-bond acceptors (Lipinski definition) is 5. The zero-order valence-electron chi connectivity index (χ0n) is 11.3. The molecule has 0 radical (unpaired) electrons. The third-order valence-electron chi connectivity index (χ3n) is 3.52. The number of hydrogen-bond donors (Lipinski definition) is 1. The van der Waals surface area contributed by atoms with Crippen LogP contribution >= 0.6 is 15.9 Å². The average Bonchev–Trinajstić information content (AvgIpc) is 2.89. The van der Waals surface area contributed by atoms with E-state index in [9.17, 15) is 4.39 Å². The first-order chi connectivity index (χ1) is 10.1. The molecule has 0 bridgehead atoms. The molecule has 112 valence electrons. The zero-order chi connectivity index (χ0) is 14.8. The summed E-state index contributed by atoms with van der Waals surface area (Å²) >= 11 is 3.12. The molecule has 3 rings (SSSR count). The van der Waals surface area contributed by atoms with Gasteiger partial charge < -0.3 is 15.0 Å². The predicted molar refractivity (Wildman–Crippen MR) is 77.9 cm³/mol. The monoisotopic (exact) mass is 355 g/mol. The van der Waals surface area contributed by atoms with Crippen molar-refractivity contribution in [2.75, 3.05) is 6.61 Å². The van der Waals surface area contributed by atoms with Crippen molar-refractivity contribution in [3.8, 4) is 11.5 Å². The van der Waals surface area contributed by atoms with E-state index in [1.165, 1.54) is 6.42 Å². The molecule has 2 N–H and O–H groups in total. The average molecular weight is 356 g/mol. The zero-order valence-corrected chi connectivity index (χ0v) is 12.8. The summed E-state index contributed by atoms with van der Waals surface area (Å²) in [6, 6.07) is 4.41. The quantitative estimate of drug-likeness (QED) is 0.891. The van der Waals surface area contributed by atoms with Gasteiger partial charge in [-0.1, -0.05) is 11.2 Å². The van der Waals surface area contributed by atoms with Gasteiger partial charge in [-0.2, -0.15) is 4.98 Å². The second-order valence-electron chi connectivity index (χ2n) is 5.05. The Kier molecular flexibility index (Phi) is 4.32. The fraction of sp³-hybridized carbons (Fsp3) is 0.429. The fourth-order valence-electron chi connectivity index (χ4n) is 2.02. The maximum absolute atomic E-state index is 14.0. The van der Waals surface area contributed by atoms with Crippen molar-refractivity contribution in [1.29, 1.82) is 0 Å². The van der Waals surface area contributed by atoms with Gasteiger partial charge in [-0.3, -0.25) is 0 Å². The molecular weight excluding hydrogens is 341 g/mol. The van der Waals surface area contributed by atoms with Gasteiger partial charge in [-0.25, -0.2) is 4.39 Å². The normalized spacial score (nSPS) is 16.7. The molecule has 0 aliphatic heterocycles. The highest BCUT2D eigenvalue weighted by molar-refractivity contribution is 9.10. The summed E-state index contributed by atoms with van der Waals surface area (Å²) in [5, 5.41) is 3.81. The van der Waals surface area contributed by atoms with Crippen molar-refractivity contribution >= 4 is 15.9 Å². The lowest BCUT2D eigenvalue weighted by Gasteiger charge is -2.26. The molecular formula is C14H15BrFN3O2. The molecule has 1 aliphatic carbocycles. The van der Waals surface area contributed by atoms with E-state index in [0.717, 1.165) is 12.8 Å². The van der Waals surface area contributed by atoms with Crippen LogP contribution in [-0.4, -0.2) is 22.9 Å². The Balaban J connectivity index is 1.71. The van der Waals surface area contributed by atoms with E-state index in [1.807, 2.05) is 0 Å². The number of ether oxygens (including phenoxy) is 1. The van der Waals surface area contributed by atoms with Crippen molar-refractivity contribution in [3.63, 3.8) is 0 Å². The van der Waals surface area contributed by atoms with E-state index in [1.54, 1.807) is 18.2 Å². The van der Waals surface area contributed by atoms with Crippen LogP contribution in [0.1, 0.15) is 31.1 Å².